The van der Waals surface area contributed by atoms with E-state index in [9.17, 15) is 14.0 Å². The fourth-order valence-electron chi connectivity index (χ4n) is 2.80. The van der Waals surface area contributed by atoms with Crippen LogP contribution in [-0.4, -0.2) is 25.6 Å². The van der Waals surface area contributed by atoms with Crippen molar-refractivity contribution < 1.29 is 13.9 Å². The molecule has 0 saturated heterocycles. The monoisotopic (exact) mass is 378 g/mol. The third kappa shape index (κ3) is 3.39. The van der Waals surface area contributed by atoms with Gasteiger partial charge in [0.25, 0.3) is 5.56 Å². The van der Waals surface area contributed by atoms with Gasteiger partial charge in [-0.25, -0.2) is 18.7 Å². The molecule has 0 aliphatic carbocycles. The van der Waals surface area contributed by atoms with Gasteiger partial charge in [-0.1, -0.05) is 30.3 Å². The van der Waals surface area contributed by atoms with Crippen LogP contribution in [0.25, 0.3) is 16.9 Å². The van der Waals surface area contributed by atoms with Crippen LogP contribution in [0, 0.1) is 5.82 Å². The Balaban J connectivity index is 1.63. The van der Waals surface area contributed by atoms with Crippen LogP contribution < -0.4 is 5.56 Å². The highest BCUT2D eigenvalue weighted by molar-refractivity contribution is 5.88. The summed E-state index contributed by atoms with van der Waals surface area (Å²) in [7, 11) is 0. The summed E-state index contributed by atoms with van der Waals surface area (Å²) in [5, 5.41) is 2.69. The van der Waals surface area contributed by atoms with Gasteiger partial charge < -0.3 is 4.74 Å². The number of esters is 1. The normalized spacial score (nSPS) is 12.1. The molecule has 0 unspecified atom stereocenters. The third-order valence-electron chi connectivity index (χ3n) is 4.22. The lowest BCUT2D eigenvalue weighted by Crippen LogP contribution is -2.15. The van der Waals surface area contributed by atoms with Gasteiger partial charge in [0.05, 0.1) is 11.9 Å². The first-order chi connectivity index (χ1) is 13.5. The largest absolute Gasteiger partial charge is 0.453 e. The van der Waals surface area contributed by atoms with E-state index in [1.54, 1.807) is 6.92 Å². The molecule has 0 fully saturated rings. The Bertz CT molecular complexity index is 1220. The molecule has 0 aliphatic rings. The van der Waals surface area contributed by atoms with Crippen molar-refractivity contribution in [3.63, 3.8) is 0 Å². The number of benzene rings is 1. The van der Waals surface area contributed by atoms with E-state index in [1.807, 2.05) is 30.3 Å². The molecule has 7 nitrogen and oxygen atoms in total. The molecule has 1 N–H and O–H groups in total. The zero-order chi connectivity index (χ0) is 19.7. The topological polar surface area (TPSA) is 89.4 Å². The van der Waals surface area contributed by atoms with E-state index >= 15 is 0 Å². The van der Waals surface area contributed by atoms with Crippen molar-refractivity contribution in [2.24, 2.45) is 0 Å². The Morgan fingerprint density at radius 2 is 1.96 bits per heavy atom. The lowest BCUT2D eigenvalue weighted by Gasteiger charge is -2.12. The summed E-state index contributed by atoms with van der Waals surface area (Å²) in [4.78, 5) is 33.0. The minimum Gasteiger partial charge on any atom is -0.453 e. The molecule has 1 atom stereocenters. The van der Waals surface area contributed by atoms with Gasteiger partial charge in [-0.05, 0) is 13.0 Å². The summed E-state index contributed by atoms with van der Waals surface area (Å²) in [6, 6.07) is 13.3. The average molecular weight is 378 g/mol. The number of nitrogens with one attached hydrogen (secondary N) is 1. The highest BCUT2D eigenvalue weighted by atomic mass is 19.1. The van der Waals surface area contributed by atoms with Crippen molar-refractivity contribution in [2.75, 3.05) is 0 Å². The second-order valence-corrected chi connectivity index (χ2v) is 6.19. The molecule has 0 bridgehead atoms. The lowest BCUT2D eigenvalue weighted by molar-refractivity contribution is 0.0329. The quantitative estimate of drug-likeness (QED) is 0.551. The summed E-state index contributed by atoms with van der Waals surface area (Å²) in [6.45, 7) is 1.61. The van der Waals surface area contributed by atoms with E-state index in [0.29, 0.717) is 16.9 Å². The summed E-state index contributed by atoms with van der Waals surface area (Å²) in [5.41, 5.74) is 1.71. The number of aromatic amines is 1. The second-order valence-electron chi connectivity index (χ2n) is 6.19. The number of hydrogen-bond donors (Lipinski definition) is 1. The van der Waals surface area contributed by atoms with Crippen LogP contribution >= 0.6 is 0 Å². The maximum Gasteiger partial charge on any atom is 0.356 e. The molecule has 8 heteroatoms. The number of hydrogen-bond acceptors (Lipinski definition) is 5. The summed E-state index contributed by atoms with van der Waals surface area (Å²) < 4.78 is 19.8. The van der Waals surface area contributed by atoms with Crippen LogP contribution in [0.3, 0.4) is 0 Å². The molecular formula is C20H15FN4O3. The van der Waals surface area contributed by atoms with Crippen molar-refractivity contribution in [2.45, 2.75) is 13.0 Å². The van der Waals surface area contributed by atoms with Crippen molar-refractivity contribution in [1.29, 1.82) is 0 Å². The SMILES string of the molecule is C[C@H](OC(=O)c1cc2nc(-c3ccccc3)cc(=O)n2[nH]1)c1cncc(F)c1. The average Bonchev–Trinajstić information content (AvgIpc) is 3.14. The van der Waals surface area contributed by atoms with Crippen LogP contribution in [0.4, 0.5) is 4.39 Å². The van der Waals surface area contributed by atoms with Gasteiger partial charge in [0.1, 0.15) is 17.6 Å². The molecule has 28 heavy (non-hydrogen) atoms. The van der Waals surface area contributed by atoms with Crippen molar-refractivity contribution in [1.82, 2.24) is 19.6 Å². The molecule has 0 spiro atoms. The highest BCUT2D eigenvalue weighted by Gasteiger charge is 2.18. The van der Waals surface area contributed by atoms with E-state index in [0.717, 1.165) is 16.3 Å². The number of carbonyl (C=O) groups is 1. The van der Waals surface area contributed by atoms with Gasteiger partial charge in [0, 0.05) is 29.5 Å². The molecule has 0 aliphatic heterocycles. The number of rotatable bonds is 4. The number of aromatic nitrogens is 4. The van der Waals surface area contributed by atoms with E-state index in [2.05, 4.69) is 15.1 Å². The van der Waals surface area contributed by atoms with Crippen molar-refractivity contribution >= 4 is 11.6 Å². The van der Waals surface area contributed by atoms with Gasteiger partial charge in [-0.2, -0.15) is 0 Å². The Hall–Kier alpha value is -3.81. The van der Waals surface area contributed by atoms with Gasteiger partial charge in [-0.3, -0.25) is 14.9 Å². The van der Waals surface area contributed by atoms with Crippen molar-refractivity contribution in [3.05, 3.63) is 88.4 Å². The highest BCUT2D eigenvalue weighted by Crippen LogP contribution is 2.19. The van der Waals surface area contributed by atoms with E-state index < -0.39 is 17.9 Å². The third-order valence-corrected chi connectivity index (χ3v) is 4.22. The molecule has 0 amide bonds. The Kier molecular flexibility index (Phi) is 4.44. The first-order valence-electron chi connectivity index (χ1n) is 8.51. The fourth-order valence-corrected chi connectivity index (χ4v) is 2.80. The van der Waals surface area contributed by atoms with Crippen LogP contribution in [0.15, 0.2) is 65.7 Å². The summed E-state index contributed by atoms with van der Waals surface area (Å²) >= 11 is 0. The smallest absolute Gasteiger partial charge is 0.356 e. The maximum atomic E-state index is 13.3. The first kappa shape index (κ1) is 17.6. The van der Waals surface area contributed by atoms with Gasteiger partial charge >= 0.3 is 5.97 Å². The summed E-state index contributed by atoms with van der Waals surface area (Å²) in [6.07, 6.45) is 1.77. The predicted molar refractivity (Wildman–Crippen MR) is 99.3 cm³/mol. The number of nitrogens with zero attached hydrogens (tertiary/aromatic N) is 3. The molecular weight excluding hydrogens is 363 g/mol. The molecule has 4 aromatic rings. The van der Waals surface area contributed by atoms with Gasteiger partial charge in [0.2, 0.25) is 0 Å². The lowest BCUT2D eigenvalue weighted by atomic mass is 10.1. The fraction of sp³-hybridized carbons (Fsp3) is 0.100. The zero-order valence-corrected chi connectivity index (χ0v) is 14.8. The molecule has 1 aromatic carbocycles. The molecule has 3 aromatic heterocycles. The van der Waals surface area contributed by atoms with Gasteiger partial charge in [0.15, 0.2) is 5.65 Å². The molecule has 0 saturated carbocycles. The minimum absolute atomic E-state index is 0.0611. The van der Waals surface area contributed by atoms with Crippen LogP contribution in [-0.2, 0) is 4.74 Å². The number of H-pyrrole nitrogens is 1. The Morgan fingerprint density at radius 1 is 1.18 bits per heavy atom. The molecule has 0 radical (unpaired) electrons. The zero-order valence-electron chi connectivity index (χ0n) is 14.8. The van der Waals surface area contributed by atoms with Crippen LogP contribution in [0.1, 0.15) is 29.1 Å². The number of pyridine rings is 1. The second kappa shape index (κ2) is 7.07. The first-order valence-corrected chi connectivity index (χ1v) is 8.51. The Labute approximate surface area is 158 Å². The van der Waals surface area contributed by atoms with Crippen LogP contribution in [0.2, 0.25) is 0 Å². The van der Waals surface area contributed by atoms with E-state index in [4.69, 9.17) is 4.74 Å². The van der Waals surface area contributed by atoms with Crippen LogP contribution in [0.5, 0.6) is 0 Å². The number of ether oxygens (including phenoxy) is 1. The predicted octanol–water partition coefficient (Wildman–Crippen LogP) is 3.14. The molecule has 4 rings (SSSR count). The van der Waals surface area contributed by atoms with Crippen molar-refractivity contribution in [3.8, 4) is 11.3 Å². The molecule has 140 valence electrons. The Morgan fingerprint density at radius 3 is 2.71 bits per heavy atom. The molecule has 3 heterocycles. The minimum atomic E-state index is -0.716. The van der Waals surface area contributed by atoms with E-state index in [-0.39, 0.29) is 11.3 Å². The number of carbonyl (C=O) groups excluding carboxylic acids is 1. The number of fused-ring (bicyclic) bond motifs is 1. The van der Waals surface area contributed by atoms with Gasteiger partial charge in [-0.15, -0.1) is 0 Å². The number of halogens is 1. The van der Waals surface area contributed by atoms with E-state index in [1.165, 1.54) is 24.4 Å². The maximum absolute atomic E-state index is 13.3. The summed E-state index contributed by atoms with van der Waals surface area (Å²) in [5.74, 6) is -1.21. The standard InChI is InChI=1S/C20H15FN4O3/c1-12(14-7-15(21)11-22-10-14)28-20(27)17-8-18-23-16(9-19(26)25(18)24-17)13-5-3-2-4-6-13/h2-12,24H,1H3/t12-/m0/s1.